The second kappa shape index (κ2) is 7.59. The van der Waals surface area contributed by atoms with Gasteiger partial charge in [0.25, 0.3) is 0 Å². The Morgan fingerprint density at radius 1 is 1.33 bits per heavy atom. The van der Waals surface area contributed by atoms with Gasteiger partial charge in [0.05, 0.1) is 10.2 Å². The first-order valence-corrected chi connectivity index (χ1v) is 8.77. The summed E-state index contributed by atoms with van der Waals surface area (Å²) in [5.41, 5.74) is 7.21. The summed E-state index contributed by atoms with van der Waals surface area (Å²) in [4.78, 5) is 2.29. The number of benzene rings is 1. The van der Waals surface area contributed by atoms with Crippen molar-refractivity contribution in [2.75, 3.05) is 11.4 Å². The molecule has 2 N–H and O–H groups in total. The largest absolute Gasteiger partial charge is 0.366 e. The molecule has 0 heterocycles. The van der Waals surface area contributed by atoms with Crippen molar-refractivity contribution in [2.45, 2.75) is 58.5 Å². The number of nitrogens with two attached hydrogens (primary N) is 1. The average molecular weight is 357 g/mol. The van der Waals surface area contributed by atoms with E-state index in [0.29, 0.717) is 23.0 Å². The summed E-state index contributed by atoms with van der Waals surface area (Å²) in [6.45, 7) is 5.72. The molecule has 1 saturated carbocycles. The molecule has 0 unspecified atom stereocenters. The maximum absolute atomic E-state index is 14.7. The highest BCUT2D eigenvalue weighted by atomic mass is 79.9. The van der Waals surface area contributed by atoms with Crippen LogP contribution in [0, 0.1) is 11.7 Å². The van der Waals surface area contributed by atoms with Crippen molar-refractivity contribution in [2.24, 2.45) is 11.7 Å². The highest BCUT2D eigenvalue weighted by Gasteiger charge is 2.26. The van der Waals surface area contributed by atoms with Crippen LogP contribution in [0.1, 0.15) is 51.5 Å². The first-order valence-electron chi connectivity index (χ1n) is 7.98. The number of nitrogens with zero attached hydrogens (tertiary/aromatic N) is 1. The van der Waals surface area contributed by atoms with Crippen molar-refractivity contribution >= 4 is 21.6 Å². The quantitative estimate of drug-likeness (QED) is 0.789. The van der Waals surface area contributed by atoms with Crippen LogP contribution >= 0.6 is 15.9 Å². The first kappa shape index (κ1) is 16.8. The van der Waals surface area contributed by atoms with Crippen molar-refractivity contribution in [1.82, 2.24) is 0 Å². The molecule has 2 rings (SSSR count). The van der Waals surface area contributed by atoms with E-state index in [1.54, 1.807) is 0 Å². The lowest BCUT2D eigenvalue weighted by atomic mass is 10.1. The fourth-order valence-corrected chi connectivity index (χ4v) is 3.57. The summed E-state index contributed by atoms with van der Waals surface area (Å²) in [6.07, 6.45) is 5.95. The van der Waals surface area contributed by atoms with Crippen LogP contribution in [0.3, 0.4) is 0 Å². The minimum absolute atomic E-state index is 0.159. The molecule has 118 valence electrons. The molecule has 0 aromatic heterocycles. The lowest BCUT2D eigenvalue weighted by Crippen LogP contribution is -2.35. The molecule has 21 heavy (non-hydrogen) atoms. The molecule has 2 nitrogen and oxygen atoms in total. The Bertz CT molecular complexity index is 470. The van der Waals surface area contributed by atoms with Crippen LogP contribution in [0.15, 0.2) is 16.6 Å². The van der Waals surface area contributed by atoms with E-state index in [2.05, 4.69) is 34.7 Å². The first-order chi connectivity index (χ1) is 10.0. The zero-order valence-corrected chi connectivity index (χ0v) is 14.6. The van der Waals surface area contributed by atoms with E-state index in [1.807, 2.05) is 12.1 Å². The van der Waals surface area contributed by atoms with Gasteiger partial charge < -0.3 is 10.6 Å². The van der Waals surface area contributed by atoms with E-state index < -0.39 is 0 Å². The maximum atomic E-state index is 14.7. The standard InChI is InChI=1S/C17H26BrFN2/c1-12(2)9-10-21(14-5-3-4-6-14)15-8-7-13(11-20)16(18)17(15)19/h7-8,12,14H,3-6,9-11,20H2,1-2H3. The summed E-state index contributed by atoms with van der Waals surface area (Å²) in [6, 6.07) is 4.33. The zero-order chi connectivity index (χ0) is 15.4. The molecule has 0 atom stereocenters. The molecule has 1 aromatic carbocycles. The minimum Gasteiger partial charge on any atom is -0.366 e. The van der Waals surface area contributed by atoms with E-state index in [0.717, 1.165) is 24.2 Å². The zero-order valence-electron chi connectivity index (χ0n) is 13.0. The van der Waals surface area contributed by atoms with E-state index in [4.69, 9.17) is 5.73 Å². The predicted octanol–water partition coefficient (Wildman–Crippen LogP) is 4.84. The van der Waals surface area contributed by atoms with Crippen LogP contribution in [0.5, 0.6) is 0 Å². The van der Waals surface area contributed by atoms with Gasteiger partial charge in [-0.1, -0.05) is 32.8 Å². The third-order valence-corrected chi connectivity index (χ3v) is 5.24. The van der Waals surface area contributed by atoms with Gasteiger partial charge in [0.15, 0.2) is 5.82 Å². The Hall–Kier alpha value is -0.610. The van der Waals surface area contributed by atoms with E-state index in [1.165, 1.54) is 25.7 Å². The Labute approximate surface area is 136 Å². The number of halogens is 2. The molecule has 0 spiro atoms. The molecule has 0 amide bonds. The van der Waals surface area contributed by atoms with Crippen LogP contribution in [-0.2, 0) is 6.54 Å². The lowest BCUT2D eigenvalue weighted by molar-refractivity contribution is 0.515. The van der Waals surface area contributed by atoms with Crippen LogP contribution in [-0.4, -0.2) is 12.6 Å². The number of hydrogen-bond acceptors (Lipinski definition) is 2. The normalized spacial score (nSPS) is 15.9. The molecule has 1 aliphatic rings. The van der Waals surface area contributed by atoms with Crippen LogP contribution in [0.25, 0.3) is 0 Å². The van der Waals surface area contributed by atoms with Gasteiger partial charge in [0.1, 0.15) is 0 Å². The Morgan fingerprint density at radius 3 is 2.57 bits per heavy atom. The van der Waals surface area contributed by atoms with Gasteiger partial charge in [-0.25, -0.2) is 4.39 Å². The number of anilines is 1. The molecule has 1 aliphatic carbocycles. The Morgan fingerprint density at radius 2 is 2.00 bits per heavy atom. The van der Waals surface area contributed by atoms with Gasteiger partial charge in [0.2, 0.25) is 0 Å². The van der Waals surface area contributed by atoms with Gasteiger partial charge in [-0.05, 0) is 52.7 Å². The Balaban J connectivity index is 2.29. The molecule has 1 fully saturated rings. The molecule has 1 aromatic rings. The Kier molecular flexibility index (Phi) is 6.06. The molecule has 0 aliphatic heterocycles. The fraction of sp³-hybridized carbons (Fsp3) is 0.647. The van der Waals surface area contributed by atoms with E-state index >= 15 is 0 Å². The van der Waals surface area contributed by atoms with Crippen molar-refractivity contribution < 1.29 is 4.39 Å². The summed E-state index contributed by atoms with van der Waals surface area (Å²) in [7, 11) is 0. The van der Waals surface area contributed by atoms with Crippen LogP contribution < -0.4 is 10.6 Å². The third kappa shape index (κ3) is 3.98. The summed E-state index contributed by atoms with van der Waals surface area (Å²) < 4.78 is 15.3. The fourth-order valence-electron chi connectivity index (χ4n) is 3.07. The second-order valence-corrected chi connectivity index (χ2v) is 7.18. The topological polar surface area (TPSA) is 29.3 Å². The van der Waals surface area contributed by atoms with E-state index in [-0.39, 0.29) is 5.82 Å². The molecule has 0 bridgehead atoms. The summed E-state index contributed by atoms with van der Waals surface area (Å²) >= 11 is 3.37. The van der Waals surface area contributed by atoms with Gasteiger partial charge in [-0.3, -0.25) is 0 Å². The van der Waals surface area contributed by atoms with E-state index in [9.17, 15) is 4.39 Å². The number of rotatable bonds is 6. The van der Waals surface area contributed by atoms with Gasteiger partial charge in [0, 0.05) is 19.1 Å². The lowest BCUT2D eigenvalue weighted by Gasteiger charge is -2.32. The summed E-state index contributed by atoms with van der Waals surface area (Å²) in [5, 5.41) is 0. The smallest absolute Gasteiger partial charge is 0.160 e. The summed E-state index contributed by atoms with van der Waals surface area (Å²) in [5.74, 6) is 0.470. The third-order valence-electron chi connectivity index (χ3n) is 4.38. The highest BCUT2D eigenvalue weighted by molar-refractivity contribution is 9.10. The minimum atomic E-state index is -0.159. The number of hydrogen-bond donors (Lipinski definition) is 1. The monoisotopic (exact) mass is 356 g/mol. The predicted molar refractivity (Wildman–Crippen MR) is 91.0 cm³/mol. The van der Waals surface area contributed by atoms with Crippen molar-refractivity contribution in [1.29, 1.82) is 0 Å². The van der Waals surface area contributed by atoms with Gasteiger partial charge >= 0.3 is 0 Å². The van der Waals surface area contributed by atoms with Gasteiger partial charge in [-0.15, -0.1) is 0 Å². The second-order valence-electron chi connectivity index (χ2n) is 6.39. The molecular formula is C17H26BrFN2. The molecule has 0 saturated heterocycles. The molecule has 4 heteroatoms. The molecular weight excluding hydrogens is 331 g/mol. The van der Waals surface area contributed by atoms with Crippen molar-refractivity contribution in [3.8, 4) is 0 Å². The van der Waals surface area contributed by atoms with Crippen molar-refractivity contribution in [3.63, 3.8) is 0 Å². The average Bonchev–Trinajstić information content (AvgIpc) is 2.97. The van der Waals surface area contributed by atoms with Crippen molar-refractivity contribution in [3.05, 3.63) is 28.0 Å². The van der Waals surface area contributed by atoms with Crippen LogP contribution in [0.4, 0.5) is 10.1 Å². The molecule has 0 radical (unpaired) electrons. The SMILES string of the molecule is CC(C)CCN(c1ccc(CN)c(Br)c1F)C1CCCC1. The van der Waals surface area contributed by atoms with Crippen LogP contribution in [0.2, 0.25) is 0 Å². The van der Waals surface area contributed by atoms with Gasteiger partial charge in [-0.2, -0.15) is 0 Å². The highest BCUT2D eigenvalue weighted by Crippen LogP contribution is 2.34. The maximum Gasteiger partial charge on any atom is 0.160 e.